The van der Waals surface area contributed by atoms with E-state index in [1.54, 1.807) is 47.4 Å². The molecule has 2 heterocycles. The average Bonchev–Trinajstić information content (AvgIpc) is 3.11. The molecule has 8 nitrogen and oxygen atoms in total. The summed E-state index contributed by atoms with van der Waals surface area (Å²) in [6, 6.07) is 11.3. The molecule has 0 unspecified atom stereocenters. The molecule has 10 heteroatoms. The summed E-state index contributed by atoms with van der Waals surface area (Å²) in [6.45, 7) is 1.49. The van der Waals surface area contributed by atoms with E-state index in [2.05, 4.69) is 0 Å². The molecule has 0 spiro atoms. The Balaban J connectivity index is 1.44. The number of rotatable bonds is 7. The van der Waals surface area contributed by atoms with Crippen LogP contribution in [0.4, 0.5) is 9.18 Å². The first-order valence-corrected chi connectivity index (χ1v) is 11.4. The Labute approximate surface area is 200 Å². The Morgan fingerprint density at radius 1 is 1.15 bits per heavy atom. The average molecular weight is 487 g/mol. The molecule has 0 aliphatic carbocycles. The van der Waals surface area contributed by atoms with Gasteiger partial charge in [-0.25, -0.2) is 4.39 Å². The van der Waals surface area contributed by atoms with Gasteiger partial charge in [0.1, 0.15) is 19.0 Å². The second-order valence-electron chi connectivity index (χ2n) is 7.55. The van der Waals surface area contributed by atoms with Crippen molar-refractivity contribution in [2.24, 2.45) is 0 Å². The highest BCUT2D eigenvalue weighted by Crippen LogP contribution is 2.35. The molecule has 0 radical (unpaired) electrons. The summed E-state index contributed by atoms with van der Waals surface area (Å²) in [7, 11) is 1.47. The van der Waals surface area contributed by atoms with E-state index in [0.29, 0.717) is 48.9 Å². The van der Waals surface area contributed by atoms with Gasteiger partial charge >= 0.3 is 0 Å². The zero-order valence-corrected chi connectivity index (χ0v) is 19.3. The molecular formula is C24H23FN2O6S. The fourth-order valence-electron chi connectivity index (χ4n) is 3.50. The van der Waals surface area contributed by atoms with E-state index >= 15 is 0 Å². The number of methoxy groups -OCH3 is 1. The topological polar surface area (TPSA) is 85.4 Å². The van der Waals surface area contributed by atoms with Gasteiger partial charge in [-0.1, -0.05) is 24.3 Å². The zero-order chi connectivity index (χ0) is 24.1. The third kappa shape index (κ3) is 5.40. The number of imide groups is 1. The summed E-state index contributed by atoms with van der Waals surface area (Å²) in [6.07, 6.45) is 1.56. The number of halogens is 1. The van der Waals surface area contributed by atoms with Crippen LogP contribution in [-0.2, 0) is 20.9 Å². The van der Waals surface area contributed by atoms with Crippen molar-refractivity contribution in [3.63, 3.8) is 0 Å². The Hall–Kier alpha value is -3.37. The monoisotopic (exact) mass is 486 g/mol. The van der Waals surface area contributed by atoms with E-state index in [1.165, 1.54) is 13.2 Å². The summed E-state index contributed by atoms with van der Waals surface area (Å²) >= 11 is 0.781. The maximum absolute atomic E-state index is 13.8. The van der Waals surface area contributed by atoms with Crippen LogP contribution >= 0.6 is 11.8 Å². The van der Waals surface area contributed by atoms with E-state index in [9.17, 15) is 18.8 Å². The van der Waals surface area contributed by atoms with Crippen LogP contribution in [0.25, 0.3) is 6.08 Å². The lowest BCUT2D eigenvalue weighted by atomic mass is 10.1. The molecule has 2 fully saturated rings. The van der Waals surface area contributed by atoms with Gasteiger partial charge in [0.05, 0.1) is 25.2 Å². The van der Waals surface area contributed by atoms with Gasteiger partial charge in [-0.3, -0.25) is 19.3 Å². The Bertz CT molecular complexity index is 1130. The number of nitrogens with zero attached hydrogens (tertiary/aromatic N) is 2. The fourth-order valence-corrected chi connectivity index (χ4v) is 4.34. The molecule has 2 saturated heterocycles. The van der Waals surface area contributed by atoms with Crippen molar-refractivity contribution in [2.45, 2.75) is 6.61 Å². The van der Waals surface area contributed by atoms with Crippen LogP contribution in [0, 0.1) is 5.82 Å². The predicted molar refractivity (Wildman–Crippen MR) is 124 cm³/mol. The lowest BCUT2D eigenvalue weighted by Crippen LogP contribution is -2.46. The van der Waals surface area contributed by atoms with Crippen molar-refractivity contribution in [2.75, 3.05) is 40.0 Å². The predicted octanol–water partition coefficient (Wildman–Crippen LogP) is 3.31. The van der Waals surface area contributed by atoms with Crippen LogP contribution in [0.2, 0.25) is 0 Å². The van der Waals surface area contributed by atoms with Crippen LogP contribution < -0.4 is 9.47 Å². The Morgan fingerprint density at radius 3 is 2.65 bits per heavy atom. The van der Waals surface area contributed by atoms with Crippen molar-refractivity contribution in [1.82, 2.24) is 9.80 Å². The second kappa shape index (κ2) is 10.7. The number of carbonyl (C=O) groups excluding carboxylic acids is 3. The van der Waals surface area contributed by atoms with Gasteiger partial charge < -0.3 is 19.1 Å². The second-order valence-corrected chi connectivity index (χ2v) is 8.54. The van der Waals surface area contributed by atoms with Crippen molar-refractivity contribution >= 4 is 34.9 Å². The van der Waals surface area contributed by atoms with E-state index in [1.807, 2.05) is 0 Å². The van der Waals surface area contributed by atoms with Crippen LogP contribution in [0.3, 0.4) is 0 Å². The standard InChI is InChI=1S/C24H23FN2O6S/c1-31-20-12-16(6-7-19(20)33-15-17-4-2-3-5-18(17)25)13-21-23(29)27(24(30)34-21)14-22(28)26-8-10-32-11-9-26/h2-7,12-13H,8-11,14-15H2,1H3/b21-13-. The quantitative estimate of drug-likeness (QED) is 0.555. The molecule has 0 aromatic heterocycles. The largest absolute Gasteiger partial charge is 0.493 e. The van der Waals surface area contributed by atoms with E-state index in [4.69, 9.17) is 14.2 Å². The minimum atomic E-state index is -0.518. The molecule has 0 atom stereocenters. The lowest BCUT2D eigenvalue weighted by molar-refractivity contribution is -0.139. The third-order valence-corrected chi connectivity index (χ3v) is 6.26. The molecule has 2 aliphatic heterocycles. The lowest BCUT2D eigenvalue weighted by Gasteiger charge is -2.28. The summed E-state index contributed by atoms with van der Waals surface area (Å²) in [4.78, 5) is 40.4. The van der Waals surface area contributed by atoms with E-state index in [-0.39, 0.29) is 29.8 Å². The Kier molecular flexibility index (Phi) is 7.49. The maximum Gasteiger partial charge on any atom is 0.294 e. The molecule has 34 heavy (non-hydrogen) atoms. The van der Waals surface area contributed by atoms with Gasteiger partial charge in [0.2, 0.25) is 5.91 Å². The smallest absolute Gasteiger partial charge is 0.294 e. The molecule has 0 saturated carbocycles. The number of hydrogen-bond acceptors (Lipinski definition) is 7. The molecule has 2 aromatic rings. The summed E-state index contributed by atoms with van der Waals surface area (Å²) in [5.41, 5.74) is 1.02. The highest BCUT2D eigenvalue weighted by molar-refractivity contribution is 8.18. The molecule has 4 rings (SSSR count). The first-order valence-electron chi connectivity index (χ1n) is 10.6. The number of thioether (sulfide) groups is 1. The van der Waals surface area contributed by atoms with Crippen LogP contribution in [0.15, 0.2) is 47.4 Å². The molecule has 3 amide bonds. The van der Waals surface area contributed by atoms with Crippen LogP contribution in [0.5, 0.6) is 11.5 Å². The number of benzene rings is 2. The molecule has 2 aromatic carbocycles. The number of carbonyl (C=O) groups is 3. The molecular weight excluding hydrogens is 463 g/mol. The highest BCUT2D eigenvalue weighted by atomic mass is 32.2. The van der Waals surface area contributed by atoms with Gasteiger partial charge in [-0.2, -0.15) is 0 Å². The summed E-state index contributed by atoms with van der Waals surface area (Å²) in [5.74, 6) is -0.361. The number of amides is 3. The van der Waals surface area contributed by atoms with Crippen molar-refractivity contribution < 1.29 is 33.0 Å². The number of hydrogen-bond donors (Lipinski definition) is 0. The van der Waals surface area contributed by atoms with Gasteiger partial charge in [0.25, 0.3) is 11.1 Å². The van der Waals surface area contributed by atoms with E-state index < -0.39 is 11.1 Å². The van der Waals surface area contributed by atoms with Crippen molar-refractivity contribution in [3.8, 4) is 11.5 Å². The van der Waals surface area contributed by atoms with Crippen LogP contribution in [-0.4, -0.2) is 66.8 Å². The highest BCUT2D eigenvalue weighted by Gasteiger charge is 2.37. The van der Waals surface area contributed by atoms with Crippen molar-refractivity contribution in [1.29, 1.82) is 0 Å². The first kappa shape index (κ1) is 23.8. The minimum absolute atomic E-state index is 0.0262. The third-order valence-electron chi connectivity index (χ3n) is 5.36. The molecule has 0 bridgehead atoms. The molecule has 0 N–H and O–H groups in total. The van der Waals surface area contributed by atoms with Crippen LogP contribution in [0.1, 0.15) is 11.1 Å². The fraction of sp³-hybridized carbons (Fsp3) is 0.292. The van der Waals surface area contributed by atoms with E-state index in [0.717, 1.165) is 16.7 Å². The number of ether oxygens (including phenoxy) is 3. The van der Waals surface area contributed by atoms with Gasteiger partial charge in [0.15, 0.2) is 11.5 Å². The summed E-state index contributed by atoms with van der Waals surface area (Å²) in [5, 5.41) is -0.491. The van der Waals surface area contributed by atoms with Gasteiger partial charge in [-0.05, 0) is 41.6 Å². The molecule has 178 valence electrons. The Morgan fingerprint density at radius 2 is 1.91 bits per heavy atom. The summed E-state index contributed by atoms with van der Waals surface area (Å²) < 4.78 is 30.1. The first-order chi connectivity index (χ1) is 16.5. The SMILES string of the molecule is COc1cc(/C=C2\SC(=O)N(CC(=O)N3CCOCC3)C2=O)ccc1OCc1ccccc1F. The van der Waals surface area contributed by atoms with Gasteiger partial charge in [0, 0.05) is 18.7 Å². The maximum atomic E-state index is 13.8. The molecule has 2 aliphatic rings. The van der Waals surface area contributed by atoms with Crippen molar-refractivity contribution in [3.05, 3.63) is 64.3 Å². The minimum Gasteiger partial charge on any atom is -0.493 e. The number of morpholine rings is 1. The zero-order valence-electron chi connectivity index (χ0n) is 18.5. The normalized spacial score (nSPS) is 17.4. The van der Waals surface area contributed by atoms with Gasteiger partial charge in [-0.15, -0.1) is 0 Å².